The van der Waals surface area contributed by atoms with Crippen LogP contribution in [0.4, 0.5) is 0 Å². The van der Waals surface area contributed by atoms with E-state index in [4.69, 9.17) is 4.74 Å². The average molecular weight is 242 g/mol. The normalized spacial score (nSPS) is 39.3. The smallest absolute Gasteiger partial charge is 0.0892 e. The second-order valence-corrected chi connectivity index (χ2v) is 5.98. The van der Waals surface area contributed by atoms with E-state index in [9.17, 15) is 0 Å². The van der Waals surface area contributed by atoms with Gasteiger partial charge in [-0.05, 0) is 30.2 Å². The molecule has 0 saturated carbocycles. The van der Waals surface area contributed by atoms with Gasteiger partial charge in [-0.15, -0.1) is 0 Å². The van der Waals surface area contributed by atoms with E-state index in [0.717, 1.165) is 12.5 Å². The number of rotatable bonds is 1. The van der Waals surface area contributed by atoms with Gasteiger partial charge < -0.3 is 4.74 Å². The van der Waals surface area contributed by atoms with Crippen molar-refractivity contribution < 1.29 is 4.74 Å². The Balaban J connectivity index is 1.97. The number of benzene rings is 1. The van der Waals surface area contributed by atoms with Gasteiger partial charge in [-0.3, -0.25) is 0 Å². The van der Waals surface area contributed by atoms with Gasteiger partial charge in [0.25, 0.3) is 0 Å². The summed E-state index contributed by atoms with van der Waals surface area (Å²) in [6, 6.07) is 10.7. The lowest BCUT2D eigenvalue weighted by molar-refractivity contribution is -0.0934. The summed E-state index contributed by atoms with van der Waals surface area (Å²) in [7, 11) is 0. The van der Waals surface area contributed by atoms with Crippen LogP contribution in [-0.2, 0) is 4.74 Å². The Morgan fingerprint density at radius 3 is 2.56 bits per heavy atom. The molecule has 1 aliphatic carbocycles. The largest absolute Gasteiger partial charge is 0.373 e. The molecule has 1 nitrogen and oxygen atoms in total. The van der Waals surface area contributed by atoms with Crippen LogP contribution in [0.15, 0.2) is 42.0 Å². The quantitative estimate of drug-likeness (QED) is 0.670. The van der Waals surface area contributed by atoms with Crippen molar-refractivity contribution in [1.82, 2.24) is 0 Å². The van der Waals surface area contributed by atoms with Crippen molar-refractivity contribution >= 4 is 0 Å². The first-order chi connectivity index (χ1) is 8.68. The molecule has 2 aliphatic rings. The van der Waals surface area contributed by atoms with Crippen molar-refractivity contribution in [1.29, 1.82) is 0 Å². The molecule has 0 N–H and O–H groups in total. The third-order valence-electron chi connectivity index (χ3n) is 4.89. The van der Waals surface area contributed by atoms with Gasteiger partial charge in [0.15, 0.2) is 0 Å². The molecular formula is C17H22O. The molecule has 18 heavy (non-hydrogen) atoms. The molecule has 1 heterocycles. The highest BCUT2D eigenvalue weighted by molar-refractivity contribution is 5.25. The lowest BCUT2D eigenvalue weighted by atomic mass is 9.65. The molecule has 1 fully saturated rings. The highest BCUT2D eigenvalue weighted by atomic mass is 16.5. The van der Waals surface area contributed by atoms with E-state index in [1.165, 1.54) is 11.1 Å². The molecule has 0 unspecified atom stereocenters. The van der Waals surface area contributed by atoms with Crippen LogP contribution < -0.4 is 0 Å². The van der Waals surface area contributed by atoms with Gasteiger partial charge in [0.1, 0.15) is 0 Å². The third kappa shape index (κ3) is 1.81. The van der Waals surface area contributed by atoms with E-state index in [0.29, 0.717) is 17.8 Å². The van der Waals surface area contributed by atoms with Crippen molar-refractivity contribution in [3.05, 3.63) is 47.5 Å². The van der Waals surface area contributed by atoms with Gasteiger partial charge in [0.2, 0.25) is 0 Å². The van der Waals surface area contributed by atoms with E-state index < -0.39 is 0 Å². The SMILES string of the molecule is CC1=C[C@H](C)[C@H]2CO[C@H](c3ccccc3)[C@@H]1[C@H]2C. The molecule has 2 bridgehead atoms. The van der Waals surface area contributed by atoms with Crippen molar-refractivity contribution in [2.45, 2.75) is 26.9 Å². The first-order valence-corrected chi connectivity index (χ1v) is 7.03. The van der Waals surface area contributed by atoms with Crippen LogP contribution in [0.5, 0.6) is 0 Å². The number of fused-ring (bicyclic) bond motifs is 2. The molecule has 0 radical (unpaired) electrons. The van der Waals surface area contributed by atoms with Crippen LogP contribution in [-0.4, -0.2) is 6.61 Å². The zero-order valence-corrected chi connectivity index (χ0v) is 11.5. The maximum Gasteiger partial charge on any atom is 0.0892 e. The molecule has 1 aliphatic heterocycles. The Bertz CT molecular complexity index is 448. The number of hydrogen-bond donors (Lipinski definition) is 0. The van der Waals surface area contributed by atoms with Gasteiger partial charge in [0, 0.05) is 5.92 Å². The maximum atomic E-state index is 6.20. The second-order valence-electron chi connectivity index (χ2n) is 5.98. The zero-order chi connectivity index (χ0) is 12.7. The Labute approximate surface area is 110 Å². The minimum Gasteiger partial charge on any atom is -0.373 e. The highest BCUT2D eigenvalue weighted by Crippen LogP contribution is 2.49. The summed E-state index contributed by atoms with van der Waals surface area (Å²) < 4.78 is 6.20. The van der Waals surface area contributed by atoms with Crippen molar-refractivity contribution in [2.24, 2.45) is 23.7 Å². The minimum atomic E-state index is 0.251. The van der Waals surface area contributed by atoms with Gasteiger partial charge in [-0.25, -0.2) is 0 Å². The molecule has 3 rings (SSSR count). The van der Waals surface area contributed by atoms with Gasteiger partial charge in [-0.1, -0.05) is 55.8 Å². The summed E-state index contributed by atoms with van der Waals surface area (Å²) in [5.41, 5.74) is 2.84. The Morgan fingerprint density at radius 2 is 1.83 bits per heavy atom. The molecular weight excluding hydrogens is 220 g/mol. The topological polar surface area (TPSA) is 9.23 Å². The number of hydrogen-bond acceptors (Lipinski definition) is 1. The fourth-order valence-electron chi connectivity index (χ4n) is 3.89. The Morgan fingerprint density at radius 1 is 1.11 bits per heavy atom. The van der Waals surface area contributed by atoms with Gasteiger partial charge >= 0.3 is 0 Å². The first kappa shape index (κ1) is 12.0. The van der Waals surface area contributed by atoms with Gasteiger partial charge in [0.05, 0.1) is 12.7 Å². The first-order valence-electron chi connectivity index (χ1n) is 7.03. The van der Waals surface area contributed by atoms with Crippen LogP contribution in [0.1, 0.15) is 32.4 Å². The minimum absolute atomic E-state index is 0.251. The summed E-state index contributed by atoms with van der Waals surface area (Å²) in [5, 5.41) is 0. The third-order valence-corrected chi connectivity index (χ3v) is 4.89. The molecule has 1 saturated heterocycles. The van der Waals surface area contributed by atoms with Crippen LogP contribution in [0.3, 0.4) is 0 Å². The Hall–Kier alpha value is -1.08. The predicted octanol–water partition coefficient (Wildman–Crippen LogP) is 4.22. The van der Waals surface area contributed by atoms with Crippen molar-refractivity contribution in [2.75, 3.05) is 6.61 Å². The van der Waals surface area contributed by atoms with Crippen LogP contribution >= 0.6 is 0 Å². The van der Waals surface area contributed by atoms with E-state index in [1.807, 2.05) is 0 Å². The highest BCUT2D eigenvalue weighted by Gasteiger charge is 2.43. The average Bonchev–Trinajstić information content (AvgIpc) is 2.37. The zero-order valence-electron chi connectivity index (χ0n) is 11.5. The molecule has 1 heteroatoms. The number of ether oxygens (including phenoxy) is 1. The standard InChI is InChI=1S/C17H22O/c1-11-9-12(2)16-13(3)15(11)10-18-17(16)14-7-5-4-6-8-14/h4-9,11,13,15-17H,10H2,1-3H3/t11-,13-,15+,16-,17+/m0/s1. The molecule has 5 atom stereocenters. The van der Waals surface area contributed by atoms with Crippen molar-refractivity contribution in [3.63, 3.8) is 0 Å². The summed E-state index contributed by atoms with van der Waals surface area (Å²) in [6.07, 6.45) is 2.72. The molecule has 0 amide bonds. The monoisotopic (exact) mass is 242 g/mol. The van der Waals surface area contributed by atoms with E-state index in [2.05, 4.69) is 57.2 Å². The summed E-state index contributed by atoms with van der Waals surface area (Å²) in [6.45, 7) is 7.91. The van der Waals surface area contributed by atoms with Gasteiger partial charge in [-0.2, -0.15) is 0 Å². The molecule has 1 aromatic carbocycles. The predicted molar refractivity (Wildman–Crippen MR) is 74.2 cm³/mol. The molecule has 0 aromatic heterocycles. The summed E-state index contributed by atoms with van der Waals surface area (Å²) in [5.74, 6) is 2.64. The second kappa shape index (κ2) is 4.55. The maximum absolute atomic E-state index is 6.20. The van der Waals surface area contributed by atoms with Crippen LogP contribution in [0, 0.1) is 23.7 Å². The van der Waals surface area contributed by atoms with E-state index >= 15 is 0 Å². The molecule has 0 spiro atoms. The van der Waals surface area contributed by atoms with Crippen LogP contribution in [0.2, 0.25) is 0 Å². The molecule has 1 aromatic rings. The van der Waals surface area contributed by atoms with Crippen molar-refractivity contribution in [3.8, 4) is 0 Å². The number of allylic oxidation sites excluding steroid dienone is 1. The summed E-state index contributed by atoms with van der Waals surface area (Å²) >= 11 is 0. The van der Waals surface area contributed by atoms with Crippen LogP contribution in [0.25, 0.3) is 0 Å². The molecule has 96 valence electrons. The summed E-state index contributed by atoms with van der Waals surface area (Å²) in [4.78, 5) is 0. The van der Waals surface area contributed by atoms with E-state index in [-0.39, 0.29) is 6.10 Å². The van der Waals surface area contributed by atoms with E-state index in [1.54, 1.807) is 0 Å². The Kier molecular flexibility index (Phi) is 3.03. The fraction of sp³-hybridized carbons (Fsp3) is 0.529. The lowest BCUT2D eigenvalue weighted by Gasteiger charge is -2.47. The lowest BCUT2D eigenvalue weighted by Crippen LogP contribution is -2.42. The fourth-order valence-corrected chi connectivity index (χ4v) is 3.89.